The number of nitrogens with zero attached hydrogens (tertiary/aromatic N) is 1. The van der Waals surface area contributed by atoms with E-state index < -0.39 is 5.92 Å². The summed E-state index contributed by atoms with van der Waals surface area (Å²) in [6.07, 6.45) is 1.11. The second-order valence-electron chi connectivity index (χ2n) is 6.73. The smallest absolute Gasteiger partial charge is 0.409 e. The Morgan fingerprint density at radius 1 is 1.30 bits per heavy atom. The Balaban J connectivity index is 1.64. The van der Waals surface area contributed by atoms with E-state index in [0.717, 1.165) is 5.56 Å². The van der Waals surface area contributed by atoms with E-state index in [1.165, 1.54) is 0 Å². The molecule has 1 saturated heterocycles. The first-order valence-corrected chi connectivity index (χ1v) is 9.21. The quantitative estimate of drug-likeness (QED) is 0.837. The van der Waals surface area contributed by atoms with Crippen molar-refractivity contribution >= 4 is 23.6 Å². The molecular formula is C19H25N3O5. The fraction of sp³-hybridized carbons (Fsp3) is 0.526. The second-order valence-corrected chi connectivity index (χ2v) is 6.73. The Kier molecular flexibility index (Phi) is 5.83. The maximum Gasteiger partial charge on any atom is 0.409 e. The first-order chi connectivity index (χ1) is 13.0. The molecule has 27 heavy (non-hydrogen) atoms. The fourth-order valence-electron chi connectivity index (χ4n) is 3.52. The molecule has 2 aliphatic rings. The molecule has 3 amide bonds. The van der Waals surface area contributed by atoms with Gasteiger partial charge >= 0.3 is 6.09 Å². The molecule has 1 aromatic carbocycles. The fourth-order valence-corrected chi connectivity index (χ4v) is 3.52. The van der Waals surface area contributed by atoms with Crippen LogP contribution in [0.3, 0.4) is 0 Å². The lowest BCUT2D eigenvalue weighted by atomic mass is 9.89. The van der Waals surface area contributed by atoms with Crippen molar-refractivity contribution < 1.29 is 23.9 Å². The summed E-state index contributed by atoms with van der Waals surface area (Å²) < 4.78 is 10.3. The molecule has 2 heterocycles. The third-order valence-electron chi connectivity index (χ3n) is 4.98. The molecule has 0 radical (unpaired) electrons. The van der Waals surface area contributed by atoms with E-state index in [2.05, 4.69) is 10.6 Å². The van der Waals surface area contributed by atoms with Gasteiger partial charge in [0.1, 0.15) is 5.75 Å². The van der Waals surface area contributed by atoms with E-state index in [9.17, 15) is 14.4 Å². The zero-order chi connectivity index (χ0) is 19.4. The van der Waals surface area contributed by atoms with Gasteiger partial charge in [-0.2, -0.15) is 0 Å². The minimum atomic E-state index is -0.549. The zero-order valence-corrected chi connectivity index (χ0v) is 15.6. The van der Waals surface area contributed by atoms with E-state index in [-0.39, 0.29) is 30.4 Å². The largest absolute Gasteiger partial charge is 0.497 e. The second kappa shape index (κ2) is 8.28. The van der Waals surface area contributed by atoms with Gasteiger partial charge in [-0.15, -0.1) is 0 Å². The average Bonchev–Trinajstić information content (AvgIpc) is 2.67. The van der Waals surface area contributed by atoms with Crippen LogP contribution in [0, 0.1) is 0 Å². The van der Waals surface area contributed by atoms with Crippen molar-refractivity contribution in [3.05, 3.63) is 23.8 Å². The number of carbonyl (C=O) groups is 3. The minimum Gasteiger partial charge on any atom is -0.497 e. The number of piperidine rings is 1. The minimum absolute atomic E-state index is 0.0257. The molecule has 0 aliphatic carbocycles. The Morgan fingerprint density at radius 3 is 2.70 bits per heavy atom. The van der Waals surface area contributed by atoms with Gasteiger partial charge in [-0.1, -0.05) is 0 Å². The van der Waals surface area contributed by atoms with E-state index in [1.54, 1.807) is 37.1 Å². The third kappa shape index (κ3) is 4.32. The summed E-state index contributed by atoms with van der Waals surface area (Å²) in [4.78, 5) is 38.3. The van der Waals surface area contributed by atoms with Crippen LogP contribution in [0.1, 0.15) is 37.7 Å². The van der Waals surface area contributed by atoms with E-state index in [4.69, 9.17) is 9.47 Å². The lowest BCUT2D eigenvalue weighted by Crippen LogP contribution is -2.48. The van der Waals surface area contributed by atoms with Crippen molar-refractivity contribution in [3.8, 4) is 5.75 Å². The molecule has 2 N–H and O–H groups in total. The lowest BCUT2D eigenvalue weighted by molar-refractivity contribution is -0.127. The van der Waals surface area contributed by atoms with Gasteiger partial charge in [0.05, 0.1) is 19.6 Å². The summed E-state index contributed by atoms with van der Waals surface area (Å²) in [5.41, 5.74) is 1.40. The van der Waals surface area contributed by atoms with Crippen LogP contribution in [0.5, 0.6) is 5.75 Å². The highest BCUT2D eigenvalue weighted by molar-refractivity contribution is 6.01. The Labute approximate surface area is 158 Å². The van der Waals surface area contributed by atoms with Crippen molar-refractivity contribution in [1.29, 1.82) is 0 Å². The van der Waals surface area contributed by atoms with Gasteiger partial charge < -0.3 is 25.0 Å². The summed E-state index contributed by atoms with van der Waals surface area (Å²) in [7, 11) is 1.57. The molecule has 8 heteroatoms. The van der Waals surface area contributed by atoms with Crippen LogP contribution in [0.15, 0.2) is 18.2 Å². The Hall–Kier alpha value is -2.77. The van der Waals surface area contributed by atoms with E-state index in [0.29, 0.717) is 44.0 Å². The number of ether oxygens (including phenoxy) is 2. The maximum absolute atomic E-state index is 12.9. The predicted molar refractivity (Wildman–Crippen MR) is 98.7 cm³/mol. The summed E-state index contributed by atoms with van der Waals surface area (Å²) in [5, 5.41) is 5.84. The van der Waals surface area contributed by atoms with Crippen molar-refractivity contribution in [2.45, 2.75) is 38.1 Å². The highest BCUT2D eigenvalue weighted by Gasteiger charge is 2.33. The number of anilines is 1. The number of hydrogen-bond acceptors (Lipinski definition) is 5. The average molecular weight is 375 g/mol. The summed E-state index contributed by atoms with van der Waals surface area (Å²) in [6.45, 7) is 3.21. The molecule has 1 aromatic rings. The molecule has 1 unspecified atom stereocenters. The van der Waals surface area contributed by atoms with Gasteiger partial charge in [0.2, 0.25) is 11.8 Å². The molecule has 1 atom stereocenters. The van der Waals surface area contributed by atoms with Gasteiger partial charge in [0, 0.05) is 31.2 Å². The number of amides is 3. The molecule has 1 fully saturated rings. The maximum atomic E-state index is 12.9. The number of methoxy groups -OCH3 is 1. The molecular weight excluding hydrogens is 350 g/mol. The summed E-state index contributed by atoms with van der Waals surface area (Å²) in [6, 6.07) is 5.28. The first kappa shape index (κ1) is 19.0. The van der Waals surface area contributed by atoms with Crippen LogP contribution in [0.4, 0.5) is 10.5 Å². The predicted octanol–water partition coefficient (Wildman–Crippen LogP) is 1.86. The van der Waals surface area contributed by atoms with Gasteiger partial charge in [0.25, 0.3) is 0 Å². The van der Waals surface area contributed by atoms with Crippen LogP contribution < -0.4 is 15.4 Å². The molecule has 0 bridgehead atoms. The zero-order valence-electron chi connectivity index (χ0n) is 15.6. The number of likely N-dealkylation sites (tertiary alicyclic amines) is 1. The number of hydrogen-bond donors (Lipinski definition) is 2. The standard InChI is InChI=1S/C19H25N3O5/c1-3-27-19(25)22-8-6-12(7-9-22)20-18(24)15-11-17(23)21-16-5-4-13(26-2)10-14(15)16/h4-5,10,12,15H,3,6-9,11H2,1-2H3,(H,20,24)(H,21,23). The topological polar surface area (TPSA) is 97.0 Å². The van der Waals surface area contributed by atoms with Gasteiger partial charge in [0.15, 0.2) is 0 Å². The molecule has 0 aromatic heterocycles. The Morgan fingerprint density at radius 2 is 2.04 bits per heavy atom. The van der Waals surface area contributed by atoms with Crippen LogP contribution in [-0.2, 0) is 14.3 Å². The first-order valence-electron chi connectivity index (χ1n) is 9.21. The van der Waals surface area contributed by atoms with Crippen molar-refractivity contribution in [3.63, 3.8) is 0 Å². The number of carbonyl (C=O) groups excluding carboxylic acids is 3. The molecule has 0 saturated carbocycles. The van der Waals surface area contributed by atoms with Gasteiger partial charge in [-0.05, 0) is 43.5 Å². The normalized spacial score (nSPS) is 19.7. The third-order valence-corrected chi connectivity index (χ3v) is 4.98. The highest BCUT2D eigenvalue weighted by Crippen LogP contribution is 2.35. The highest BCUT2D eigenvalue weighted by atomic mass is 16.6. The number of nitrogens with one attached hydrogen (secondary N) is 2. The molecule has 8 nitrogen and oxygen atoms in total. The number of fused-ring (bicyclic) bond motifs is 1. The van der Waals surface area contributed by atoms with Crippen molar-refractivity contribution in [2.24, 2.45) is 0 Å². The molecule has 0 spiro atoms. The number of rotatable bonds is 4. The summed E-state index contributed by atoms with van der Waals surface area (Å²) in [5.74, 6) is -0.253. The van der Waals surface area contributed by atoms with E-state index in [1.807, 2.05) is 0 Å². The van der Waals surface area contributed by atoms with Gasteiger partial charge in [-0.25, -0.2) is 4.79 Å². The molecule has 3 rings (SSSR count). The van der Waals surface area contributed by atoms with Crippen LogP contribution >= 0.6 is 0 Å². The van der Waals surface area contributed by atoms with Crippen LogP contribution in [0.25, 0.3) is 0 Å². The van der Waals surface area contributed by atoms with Crippen molar-refractivity contribution in [2.75, 3.05) is 32.1 Å². The van der Waals surface area contributed by atoms with Crippen LogP contribution in [-0.4, -0.2) is 55.7 Å². The monoisotopic (exact) mass is 375 g/mol. The summed E-state index contributed by atoms with van der Waals surface area (Å²) >= 11 is 0. The van der Waals surface area contributed by atoms with Crippen molar-refractivity contribution in [1.82, 2.24) is 10.2 Å². The Bertz CT molecular complexity index is 728. The van der Waals surface area contributed by atoms with Gasteiger partial charge in [-0.3, -0.25) is 9.59 Å². The van der Waals surface area contributed by atoms with Crippen LogP contribution in [0.2, 0.25) is 0 Å². The lowest BCUT2D eigenvalue weighted by Gasteiger charge is -2.33. The SMILES string of the molecule is CCOC(=O)N1CCC(NC(=O)C2CC(=O)Nc3ccc(OC)cc32)CC1. The molecule has 146 valence electrons. The van der Waals surface area contributed by atoms with E-state index >= 15 is 0 Å². The molecule has 2 aliphatic heterocycles. The number of benzene rings is 1.